The van der Waals surface area contributed by atoms with Crippen LogP contribution in [0.25, 0.3) is 0 Å². The molecule has 18 heavy (non-hydrogen) atoms. The van der Waals surface area contributed by atoms with Crippen LogP contribution in [0.2, 0.25) is 0 Å². The van der Waals surface area contributed by atoms with Crippen molar-refractivity contribution in [2.75, 3.05) is 6.61 Å². The average molecular weight is 337 g/mol. The SMILES string of the molecule is CCCCOc1[c-]ccc(OC(F)(F)F)c1.[Br-].[Mg+2]. The summed E-state index contributed by atoms with van der Waals surface area (Å²) in [5.74, 6) is -0.0343. The van der Waals surface area contributed by atoms with Crippen LogP contribution in [-0.4, -0.2) is 36.0 Å². The molecule has 0 fully saturated rings. The molecule has 0 spiro atoms. The van der Waals surface area contributed by atoms with E-state index in [0.29, 0.717) is 6.61 Å². The molecule has 0 unspecified atom stereocenters. The maximum Gasteiger partial charge on any atom is 2.00 e. The van der Waals surface area contributed by atoms with Gasteiger partial charge in [0.05, 0.1) is 6.61 Å². The molecule has 0 aliphatic rings. The van der Waals surface area contributed by atoms with Crippen LogP contribution < -0.4 is 26.5 Å². The number of halogens is 4. The van der Waals surface area contributed by atoms with Crippen molar-refractivity contribution in [1.29, 1.82) is 0 Å². The second-order valence-electron chi connectivity index (χ2n) is 3.14. The second-order valence-corrected chi connectivity index (χ2v) is 3.14. The smallest absolute Gasteiger partial charge is 1.00 e. The van der Waals surface area contributed by atoms with Crippen molar-refractivity contribution in [3.8, 4) is 11.5 Å². The van der Waals surface area contributed by atoms with E-state index in [2.05, 4.69) is 10.8 Å². The van der Waals surface area contributed by atoms with Crippen molar-refractivity contribution >= 4 is 23.1 Å². The van der Waals surface area contributed by atoms with E-state index < -0.39 is 6.36 Å². The number of hydrogen-bond acceptors (Lipinski definition) is 2. The van der Waals surface area contributed by atoms with Gasteiger partial charge in [0, 0.05) is 11.5 Å². The van der Waals surface area contributed by atoms with Crippen LogP contribution in [0.15, 0.2) is 18.2 Å². The first-order chi connectivity index (χ1) is 7.51. The Morgan fingerprint density at radius 1 is 1.33 bits per heavy atom. The predicted octanol–water partition coefficient (Wildman–Crippen LogP) is 0.187. The monoisotopic (exact) mass is 336 g/mol. The van der Waals surface area contributed by atoms with Crippen LogP contribution in [0.5, 0.6) is 11.5 Å². The molecule has 0 N–H and O–H groups in total. The Morgan fingerprint density at radius 2 is 2.00 bits per heavy atom. The van der Waals surface area contributed by atoms with Crippen molar-refractivity contribution in [2.24, 2.45) is 0 Å². The molecule has 0 aliphatic heterocycles. The van der Waals surface area contributed by atoms with Gasteiger partial charge in [0.1, 0.15) is 0 Å². The molecule has 1 aromatic carbocycles. The molecule has 0 aliphatic carbocycles. The van der Waals surface area contributed by atoms with Crippen LogP contribution in [0.1, 0.15) is 19.8 Å². The molecule has 98 valence electrons. The molecule has 7 heteroatoms. The molecule has 0 amide bonds. The Bertz CT molecular complexity index is 334. The van der Waals surface area contributed by atoms with Gasteiger partial charge in [-0.15, -0.1) is 25.3 Å². The van der Waals surface area contributed by atoms with Crippen molar-refractivity contribution in [3.05, 3.63) is 24.3 Å². The number of alkyl halides is 3. The maximum atomic E-state index is 11.9. The van der Waals surface area contributed by atoms with Crippen LogP contribution in [-0.2, 0) is 0 Å². The Kier molecular flexibility index (Phi) is 10.9. The number of rotatable bonds is 5. The van der Waals surface area contributed by atoms with E-state index in [4.69, 9.17) is 4.74 Å². The summed E-state index contributed by atoms with van der Waals surface area (Å²) in [5.41, 5.74) is 0. The van der Waals surface area contributed by atoms with Gasteiger partial charge in [-0.3, -0.25) is 0 Å². The summed E-state index contributed by atoms with van der Waals surface area (Å²) in [6.45, 7) is 2.46. The summed E-state index contributed by atoms with van der Waals surface area (Å²) in [6.07, 6.45) is -2.88. The first-order valence-electron chi connectivity index (χ1n) is 4.91. The van der Waals surface area contributed by atoms with E-state index in [1.165, 1.54) is 18.2 Å². The molecular formula is C11H12BrF3MgO2. The van der Waals surface area contributed by atoms with Crippen LogP contribution in [0, 0.1) is 6.07 Å². The van der Waals surface area contributed by atoms with Gasteiger partial charge >= 0.3 is 29.4 Å². The topological polar surface area (TPSA) is 18.5 Å². The second kappa shape index (κ2) is 9.74. The molecule has 2 nitrogen and oxygen atoms in total. The molecule has 0 saturated carbocycles. The molecule has 0 radical (unpaired) electrons. The zero-order valence-electron chi connectivity index (χ0n) is 9.89. The summed E-state index contributed by atoms with van der Waals surface area (Å²) in [7, 11) is 0. The van der Waals surface area contributed by atoms with Crippen LogP contribution in [0.3, 0.4) is 0 Å². The van der Waals surface area contributed by atoms with Gasteiger partial charge in [0.25, 0.3) is 0 Å². The maximum absolute atomic E-state index is 11.9. The number of benzene rings is 1. The Morgan fingerprint density at radius 3 is 2.56 bits per heavy atom. The summed E-state index contributed by atoms with van der Waals surface area (Å²) >= 11 is 0. The third-order valence-electron chi connectivity index (χ3n) is 1.74. The zero-order chi connectivity index (χ0) is 12.0. The van der Waals surface area contributed by atoms with Gasteiger partial charge in [-0.25, -0.2) is 0 Å². The van der Waals surface area contributed by atoms with Gasteiger partial charge in [-0.05, 0) is 6.42 Å². The first kappa shape index (κ1) is 20.2. The third-order valence-corrected chi connectivity index (χ3v) is 1.74. The fraction of sp³-hybridized carbons (Fsp3) is 0.455. The van der Waals surface area contributed by atoms with E-state index in [0.717, 1.165) is 12.8 Å². The van der Waals surface area contributed by atoms with Crippen molar-refractivity contribution in [3.63, 3.8) is 0 Å². The van der Waals surface area contributed by atoms with Gasteiger partial charge in [0.15, 0.2) is 0 Å². The summed E-state index contributed by atoms with van der Waals surface area (Å²) < 4.78 is 44.7. The van der Waals surface area contributed by atoms with E-state index in [1.807, 2.05) is 6.92 Å². The minimum Gasteiger partial charge on any atom is -1.00 e. The number of hydrogen-bond donors (Lipinski definition) is 0. The third kappa shape index (κ3) is 8.88. The quantitative estimate of drug-likeness (QED) is 0.434. The van der Waals surface area contributed by atoms with E-state index in [1.54, 1.807) is 0 Å². The summed E-state index contributed by atoms with van der Waals surface area (Å²) in [5, 5.41) is 0. The Hall–Kier alpha value is -0.144. The fourth-order valence-electron chi connectivity index (χ4n) is 1.03. The number of unbranched alkanes of at least 4 members (excludes halogenated alkanes) is 1. The average Bonchev–Trinajstić information content (AvgIpc) is 2.16. The number of ether oxygens (including phenoxy) is 2. The van der Waals surface area contributed by atoms with E-state index in [-0.39, 0.29) is 51.5 Å². The molecule has 0 atom stereocenters. The molecule has 0 aromatic heterocycles. The molecule has 1 rings (SSSR count). The minimum absolute atomic E-state index is 0. The van der Waals surface area contributed by atoms with Crippen molar-refractivity contribution < 1.29 is 39.6 Å². The van der Waals surface area contributed by atoms with Gasteiger partial charge in [0.2, 0.25) is 0 Å². The predicted molar refractivity (Wildman–Crippen MR) is 58.1 cm³/mol. The first-order valence-corrected chi connectivity index (χ1v) is 4.91. The Labute approximate surface area is 131 Å². The molecule has 0 heterocycles. The normalized spacial score (nSPS) is 10.0. The van der Waals surface area contributed by atoms with Crippen molar-refractivity contribution in [2.45, 2.75) is 26.1 Å². The summed E-state index contributed by atoms with van der Waals surface area (Å²) in [4.78, 5) is 0. The van der Waals surface area contributed by atoms with Gasteiger partial charge in [-0.1, -0.05) is 19.4 Å². The van der Waals surface area contributed by atoms with Crippen LogP contribution >= 0.6 is 0 Å². The molecule has 1 aromatic rings. The zero-order valence-corrected chi connectivity index (χ0v) is 12.9. The fourth-order valence-corrected chi connectivity index (χ4v) is 1.03. The van der Waals surface area contributed by atoms with Crippen molar-refractivity contribution in [1.82, 2.24) is 0 Å². The van der Waals surface area contributed by atoms with E-state index in [9.17, 15) is 13.2 Å². The summed E-state index contributed by atoms with van der Waals surface area (Å²) in [6, 6.07) is 6.37. The largest absolute Gasteiger partial charge is 2.00 e. The van der Waals surface area contributed by atoms with Gasteiger partial charge < -0.3 is 26.5 Å². The Balaban J connectivity index is 0. The standard InChI is InChI=1S/C11H12F3O2.BrH.Mg/c1-2-3-7-15-9-5-4-6-10(8-9)16-11(12,13)14;;/h4,6,8H,2-3,7H2,1H3;1H;/q-1;;+2/p-1. The van der Waals surface area contributed by atoms with Crippen LogP contribution in [0.4, 0.5) is 13.2 Å². The van der Waals surface area contributed by atoms with Gasteiger partial charge in [-0.2, -0.15) is 6.07 Å². The molecular weight excluding hydrogens is 325 g/mol. The minimum atomic E-state index is -4.68. The van der Waals surface area contributed by atoms with E-state index >= 15 is 0 Å². The molecule has 0 saturated heterocycles. The molecule has 0 bridgehead atoms.